The number of rotatable bonds is 5. The highest BCUT2D eigenvalue weighted by atomic mass is 32.1. The number of carbonyl (C=O) groups excluding carboxylic acids is 1. The second-order valence-corrected chi connectivity index (χ2v) is 4.52. The van der Waals surface area contributed by atoms with E-state index < -0.39 is 5.54 Å². The Bertz CT molecular complexity index is 312. The molecule has 0 saturated carbocycles. The predicted molar refractivity (Wildman–Crippen MR) is 66.9 cm³/mol. The van der Waals surface area contributed by atoms with Crippen LogP contribution >= 0.6 is 11.3 Å². The Labute approximate surface area is 99.7 Å². The molecule has 3 N–H and O–H groups in total. The highest BCUT2D eigenvalue weighted by Gasteiger charge is 2.27. The Kier molecular flexibility index (Phi) is 4.76. The van der Waals surface area contributed by atoms with E-state index >= 15 is 0 Å². The second-order valence-electron chi connectivity index (χ2n) is 3.74. The van der Waals surface area contributed by atoms with E-state index in [2.05, 4.69) is 10.6 Å². The van der Waals surface area contributed by atoms with E-state index in [1.165, 1.54) is 11.3 Å². The van der Waals surface area contributed by atoms with Gasteiger partial charge in [0.2, 0.25) is 0 Å². The summed E-state index contributed by atoms with van der Waals surface area (Å²) in [5.74, 6) is 0. The molecule has 0 aliphatic carbocycles. The monoisotopic (exact) mass is 242 g/mol. The molecule has 16 heavy (non-hydrogen) atoms. The fourth-order valence-corrected chi connectivity index (χ4v) is 2.02. The summed E-state index contributed by atoms with van der Waals surface area (Å²) in [4.78, 5) is 11.7. The summed E-state index contributed by atoms with van der Waals surface area (Å²) in [5, 5.41) is 18.6. The van der Waals surface area contributed by atoms with E-state index in [9.17, 15) is 9.90 Å². The van der Waals surface area contributed by atoms with Crippen LogP contribution in [0.5, 0.6) is 0 Å². The number of nitrogens with one attached hydrogen (secondary N) is 2. The first-order valence-electron chi connectivity index (χ1n) is 5.38. The van der Waals surface area contributed by atoms with Crippen molar-refractivity contribution in [3.05, 3.63) is 16.8 Å². The molecular formula is C11H18N2O2S. The molecule has 5 heteroatoms. The van der Waals surface area contributed by atoms with Gasteiger partial charge < -0.3 is 15.7 Å². The van der Waals surface area contributed by atoms with Gasteiger partial charge in [-0.2, -0.15) is 11.3 Å². The average molecular weight is 242 g/mol. The molecule has 0 aliphatic rings. The standard InChI is InChI=1S/C11H18N2O2S/c1-3-11(4-2,8-14)13-10(15)12-9-5-6-16-7-9/h5-7,14H,3-4,8H2,1-2H3,(H2,12,13,15). The number of thiophene rings is 1. The van der Waals surface area contributed by atoms with Crippen LogP contribution in [0.15, 0.2) is 16.8 Å². The average Bonchev–Trinajstić information content (AvgIpc) is 2.79. The Morgan fingerprint density at radius 2 is 2.19 bits per heavy atom. The molecule has 90 valence electrons. The van der Waals surface area contributed by atoms with Crippen LogP contribution in [0.25, 0.3) is 0 Å². The lowest BCUT2D eigenvalue weighted by Crippen LogP contribution is -2.51. The first-order valence-corrected chi connectivity index (χ1v) is 6.32. The lowest BCUT2D eigenvalue weighted by atomic mass is 9.94. The van der Waals surface area contributed by atoms with Gasteiger partial charge in [0, 0.05) is 5.38 Å². The molecule has 0 unspecified atom stereocenters. The molecule has 0 aliphatic heterocycles. The van der Waals surface area contributed by atoms with E-state index in [1.807, 2.05) is 30.7 Å². The van der Waals surface area contributed by atoms with Gasteiger partial charge in [-0.3, -0.25) is 0 Å². The van der Waals surface area contributed by atoms with Crippen LogP contribution in [0, 0.1) is 0 Å². The molecule has 1 rings (SSSR count). The summed E-state index contributed by atoms with van der Waals surface area (Å²) in [6.45, 7) is 3.85. The van der Waals surface area contributed by atoms with Gasteiger partial charge >= 0.3 is 6.03 Å². The van der Waals surface area contributed by atoms with Crippen molar-refractivity contribution in [2.24, 2.45) is 0 Å². The molecule has 0 aromatic carbocycles. The number of urea groups is 1. The molecular weight excluding hydrogens is 224 g/mol. The molecule has 0 spiro atoms. The summed E-state index contributed by atoms with van der Waals surface area (Å²) in [6, 6.07) is 1.57. The van der Waals surface area contributed by atoms with Gasteiger partial charge in [0.25, 0.3) is 0 Å². The quantitative estimate of drug-likeness (QED) is 0.742. The molecule has 0 bridgehead atoms. The summed E-state index contributed by atoms with van der Waals surface area (Å²) < 4.78 is 0. The minimum Gasteiger partial charge on any atom is -0.394 e. The third kappa shape index (κ3) is 3.21. The number of hydrogen-bond acceptors (Lipinski definition) is 3. The van der Waals surface area contributed by atoms with E-state index in [4.69, 9.17) is 0 Å². The summed E-state index contributed by atoms with van der Waals surface area (Å²) in [6.07, 6.45) is 1.41. The number of hydrogen-bond donors (Lipinski definition) is 3. The van der Waals surface area contributed by atoms with Gasteiger partial charge in [-0.05, 0) is 24.3 Å². The van der Waals surface area contributed by atoms with Gasteiger partial charge in [0.1, 0.15) is 0 Å². The number of anilines is 1. The Hall–Kier alpha value is -1.07. The highest BCUT2D eigenvalue weighted by Crippen LogP contribution is 2.15. The molecule has 1 aromatic heterocycles. The predicted octanol–water partition coefficient (Wildman–Crippen LogP) is 2.42. The molecule has 0 fully saturated rings. The maximum absolute atomic E-state index is 11.7. The van der Waals surface area contributed by atoms with Gasteiger partial charge in [-0.15, -0.1) is 0 Å². The van der Waals surface area contributed by atoms with Crippen molar-refractivity contribution in [1.82, 2.24) is 5.32 Å². The van der Waals surface area contributed by atoms with E-state index in [0.717, 1.165) is 5.69 Å². The first kappa shape index (κ1) is 13.0. The smallest absolute Gasteiger partial charge is 0.319 e. The van der Waals surface area contributed by atoms with Crippen LogP contribution in [-0.2, 0) is 0 Å². The largest absolute Gasteiger partial charge is 0.394 e. The van der Waals surface area contributed by atoms with Gasteiger partial charge in [-0.25, -0.2) is 4.79 Å². The third-order valence-corrected chi connectivity index (χ3v) is 3.50. The van der Waals surface area contributed by atoms with Gasteiger partial charge in [-0.1, -0.05) is 13.8 Å². The summed E-state index contributed by atoms with van der Waals surface area (Å²) in [5.41, 5.74) is 0.265. The molecule has 0 saturated heterocycles. The topological polar surface area (TPSA) is 61.4 Å². The minimum atomic E-state index is -0.514. The molecule has 2 amide bonds. The fraction of sp³-hybridized carbons (Fsp3) is 0.545. The van der Waals surface area contributed by atoms with E-state index in [0.29, 0.717) is 12.8 Å². The lowest BCUT2D eigenvalue weighted by Gasteiger charge is -2.30. The van der Waals surface area contributed by atoms with Crippen molar-refractivity contribution in [1.29, 1.82) is 0 Å². The SMILES string of the molecule is CCC(CC)(CO)NC(=O)Nc1ccsc1. The van der Waals surface area contributed by atoms with Crippen LogP contribution in [-0.4, -0.2) is 23.3 Å². The maximum atomic E-state index is 11.7. The molecule has 1 aromatic rings. The Morgan fingerprint density at radius 1 is 1.50 bits per heavy atom. The molecule has 1 heterocycles. The Morgan fingerprint density at radius 3 is 2.62 bits per heavy atom. The number of aliphatic hydroxyl groups excluding tert-OH is 1. The van der Waals surface area contributed by atoms with Crippen molar-refractivity contribution in [3.8, 4) is 0 Å². The van der Waals surface area contributed by atoms with Crippen LogP contribution in [0.3, 0.4) is 0 Å². The van der Waals surface area contributed by atoms with Crippen LogP contribution in [0.2, 0.25) is 0 Å². The van der Waals surface area contributed by atoms with Crippen molar-refractivity contribution in [2.75, 3.05) is 11.9 Å². The normalized spacial score (nSPS) is 11.2. The number of amides is 2. The Balaban J connectivity index is 2.55. The number of aliphatic hydroxyl groups is 1. The summed E-state index contributed by atoms with van der Waals surface area (Å²) >= 11 is 1.52. The van der Waals surface area contributed by atoms with Crippen LogP contribution in [0.4, 0.5) is 10.5 Å². The van der Waals surface area contributed by atoms with E-state index in [-0.39, 0.29) is 12.6 Å². The van der Waals surface area contributed by atoms with Crippen LogP contribution in [0.1, 0.15) is 26.7 Å². The molecule has 4 nitrogen and oxygen atoms in total. The van der Waals surface area contributed by atoms with Crippen molar-refractivity contribution in [2.45, 2.75) is 32.2 Å². The zero-order chi connectivity index (χ0) is 12.0. The molecule has 0 radical (unpaired) electrons. The van der Waals surface area contributed by atoms with Crippen molar-refractivity contribution in [3.63, 3.8) is 0 Å². The second kappa shape index (κ2) is 5.86. The van der Waals surface area contributed by atoms with Gasteiger partial charge in [0.15, 0.2) is 0 Å². The zero-order valence-electron chi connectivity index (χ0n) is 9.62. The number of carbonyl (C=O) groups is 1. The zero-order valence-corrected chi connectivity index (χ0v) is 10.4. The maximum Gasteiger partial charge on any atom is 0.319 e. The van der Waals surface area contributed by atoms with Crippen molar-refractivity contribution < 1.29 is 9.90 Å². The minimum absolute atomic E-state index is 0.0446. The lowest BCUT2D eigenvalue weighted by molar-refractivity contribution is 0.155. The summed E-state index contributed by atoms with van der Waals surface area (Å²) in [7, 11) is 0. The van der Waals surface area contributed by atoms with Crippen molar-refractivity contribution >= 4 is 23.1 Å². The van der Waals surface area contributed by atoms with Crippen LogP contribution < -0.4 is 10.6 Å². The fourth-order valence-electron chi connectivity index (χ4n) is 1.43. The highest BCUT2D eigenvalue weighted by molar-refractivity contribution is 7.08. The first-order chi connectivity index (χ1) is 7.65. The van der Waals surface area contributed by atoms with E-state index in [1.54, 1.807) is 0 Å². The molecule has 0 atom stereocenters. The van der Waals surface area contributed by atoms with Gasteiger partial charge in [0.05, 0.1) is 17.8 Å². The third-order valence-electron chi connectivity index (χ3n) is 2.81.